The van der Waals surface area contributed by atoms with Gasteiger partial charge in [0.15, 0.2) is 0 Å². The lowest BCUT2D eigenvalue weighted by atomic mass is 9.92. The maximum atomic E-state index is 13.3. The first-order valence-corrected chi connectivity index (χ1v) is 10.8. The van der Waals surface area contributed by atoms with Gasteiger partial charge in [-0.3, -0.25) is 14.5 Å². The van der Waals surface area contributed by atoms with Crippen LogP contribution in [0.4, 0.5) is 4.79 Å². The average molecular weight is 422 g/mol. The van der Waals surface area contributed by atoms with E-state index in [1.807, 2.05) is 0 Å². The van der Waals surface area contributed by atoms with Crippen LogP contribution in [0.2, 0.25) is 0 Å². The average Bonchev–Trinajstić information content (AvgIpc) is 3.18. The van der Waals surface area contributed by atoms with E-state index in [1.54, 1.807) is 32.6 Å². The molecule has 0 unspecified atom stereocenters. The smallest absolute Gasteiger partial charge is 0.410 e. The number of ether oxygens (including phenoxy) is 1. The number of amides is 3. The normalized spacial score (nSPS) is 20.4. The molecule has 1 saturated heterocycles. The van der Waals surface area contributed by atoms with Gasteiger partial charge in [0.05, 0.1) is 6.04 Å². The summed E-state index contributed by atoms with van der Waals surface area (Å²) < 4.78 is 5.33. The number of hydrogen-bond donors (Lipinski definition) is 1. The number of aldehydes is 1. The number of allylic oxidation sites excluding steroid dienone is 1. The highest BCUT2D eigenvalue weighted by Crippen LogP contribution is 2.27. The zero-order chi connectivity index (χ0) is 22.5. The van der Waals surface area contributed by atoms with Crippen LogP contribution in [0.15, 0.2) is 11.3 Å². The molecule has 1 heterocycles. The lowest BCUT2D eigenvalue weighted by molar-refractivity contribution is -0.133. The lowest BCUT2D eigenvalue weighted by Gasteiger charge is -2.30. The summed E-state index contributed by atoms with van der Waals surface area (Å²) in [6, 6.07) is -1.28. The Morgan fingerprint density at radius 2 is 1.80 bits per heavy atom. The van der Waals surface area contributed by atoms with Crippen molar-refractivity contribution in [3.8, 4) is 0 Å². The molecule has 1 saturated carbocycles. The molecule has 0 aromatic carbocycles. The number of nitrogens with zero attached hydrogens (tertiary/aromatic N) is 2. The molecular formula is C22H35N3O5. The fraction of sp³-hybridized carbons (Fsp3) is 0.727. The first-order valence-electron chi connectivity index (χ1n) is 10.8. The Morgan fingerprint density at radius 3 is 2.37 bits per heavy atom. The predicted octanol–water partition coefficient (Wildman–Crippen LogP) is 2.77. The van der Waals surface area contributed by atoms with E-state index in [0.29, 0.717) is 13.0 Å². The second-order valence-corrected chi connectivity index (χ2v) is 9.14. The van der Waals surface area contributed by atoms with Crippen LogP contribution >= 0.6 is 0 Å². The topological polar surface area (TPSA) is 96.0 Å². The second kappa shape index (κ2) is 10.1. The van der Waals surface area contributed by atoms with Gasteiger partial charge in [0.25, 0.3) is 5.91 Å². The van der Waals surface area contributed by atoms with Gasteiger partial charge < -0.3 is 19.7 Å². The van der Waals surface area contributed by atoms with Crippen molar-refractivity contribution in [2.45, 2.75) is 90.3 Å². The van der Waals surface area contributed by atoms with E-state index in [-0.39, 0.29) is 11.6 Å². The molecule has 1 N–H and O–H groups in total. The third-order valence-electron chi connectivity index (χ3n) is 5.63. The Balaban J connectivity index is 2.19. The molecule has 2 atom stereocenters. The van der Waals surface area contributed by atoms with Gasteiger partial charge in [-0.2, -0.15) is 0 Å². The van der Waals surface area contributed by atoms with Gasteiger partial charge in [0.2, 0.25) is 5.91 Å². The van der Waals surface area contributed by atoms with Crippen molar-refractivity contribution >= 4 is 24.2 Å². The van der Waals surface area contributed by atoms with Crippen LogP contribution < -0.4 is 5.32 Å². The van der Waals surface area contributed by atoms with Gasteiger partial charge in [-0.05, 0) is 71.8 Å². The highest BCUT2D eigenvalue weighted by Gasteiger charge is 2.34. The Morgan fingerprint density at radius 1 is 1.17 bits per heavy atom. The molecule has 8 heteroatoms. The molecule has 2 rings (SSSR count). The first kappa shape index (κ1) is 23.9. The molecule has 0 aromatic rings. The van der Waals surface area contributed by atoms with E-state index in [2.05, 4.69) is 5.32 Å². The van der Waals surface area contributed by atoms with E-state index in [1.165, 1.54) is 11.9 Å². The number of hydrogen-bond acceptors (Lipinski definition) is 5. The fourth-order valence-corrected chi connectivity index (χ4v) is 3.75. The molecule has 0 spiro atoms. The molecule has 1 aliphatic carbocycles. The molecule has 30 heavy (non-hydrogen) atoms. The predicted molar refractivity (Wildman–Crippen MR) is 113 cm³/mol. The van der Waals surface area contributed by atoms with Crippen LogP contribution in [0.1, 0.15) is 72.6 Å². The number of likely N-dealkylation sites (tertiary alicyclic amines) is 1. The Labute approximate surface area is 179 Å². The van der Waals surface area contributed by atoms with Crippen LogP contribution in [-0.2, 0) is 19.1 Å². The number of carbonyl (C=O) groups excluding carboxylic acids is 4. The monoisotopic (exact) mass is 421 g/mol. The fourth-order valence-electron chi connectivity index (χ4n) is 3.75. The van der Waals surface area contributed by atoms with Gasteiger partial charge in [-0.25, -0.2) is 4.79 Å². The molecule has 0 bridgehead atoms. The van der Waals surface area contributed by atoms with E-state index in [0.717, 1.165) is 50.4 Å². The van der Waals surface area contributed by atoms with Gasteiger partial charge in [0, 0.05) is 13.6 Å². The summed E-state index contributed by atoms with van der Waals surface area (Å²) in [5.41, 5.74) is 0.521. The molecule has 0 aromatic heterocycles. The van der Waals surface area contributed by atoms with E-state index >= 15 is 0 Å². The van der Waals surface area contributed by atoms with Crippen LogP contribution in [-0.4, -0.2) is 65.3 Å². The quantitative estimate of drug-likeness (QED) is 0.544. The SMILES string of the molecule is C[C@@H](C(=O)NC(C(=O)N1CCC[C@H]1C=O)=C1CCCCC1)N(C)C(=O)OC(C)(C)C. The summed E-state index contributed by atoms with van der Waals surface area (Å²) in [5.74, 6) is -0.756. The number of rotatable bonds is 5. The molecule has 3 amide bonds. The van der Waals surface area contributed by atoms with Crippen molar-refractivity contribution in [2.24, 2.45) is 0 Å². The molecule has 2 fully saturated rings. The molecule has 2 aliphatic rings. The van der Waals surface area contributed by atoms with Gasteiger partial charge in [0.1, 0.15) is 23.6 Å². The van der Waals surface area contributed by atoms with Gasteiger partial charge in [-0.15, -0.1) is 0 Å². The van der Waals surface area contributed by atoms with Crippen molar-refractivity contribution in [1.29, 1.82) is 0 Å². The maximum absolute atomic E-state index is 13.3. The Kier molecular flexibility index (Phi) is 8.03. The number of carbonyl (C=O) groups is 4. The van der Waals surface area contributed by atoms with Crippen LogP contribution in [0.25, 0.3) is 0 Å². The van der Waals surface area contributed by atoms with Crippen molar-refractivity contribution in [3.05, 3.63) is 11.3 Å². The van der Waals surface area contributed by atoms with Crippen molar-refractivity contribution in [2.75, 3.05) is 13.6 Å². The van der Waals surface area contributed by atoms with Crippen molar-refractivity contribution in [3.63, 3.8) is 0 Å². The van der Waals surface area contributed by atoms with Gasteiger partial charge in [-0.1, -0.05) is 6.42 Å². The summed E-state index contributed by atoms with van der Waals surface area (Å²) in [6.45, 7) is 7.37. The van der Waals surface area contributed by atoms with Gasteiger partial charge >= 0.3 is 6.09 Å². The third kappa shape index (κ3) is 6.06. The van der Waals surface area contributed by atoms with Crippen LogP contribution in [0.5, 0.6) is 0 Å². The Bertz CT molecular complexity index is 702. The molecular weight excluding hydrogens is 386 g/mol. The highest BCUT2D eigenvalue weighted by atomic mass is 16.6. The minimum atomic E-state index is -0.827. The second-order valence-electron chi connectivity index (χ2n) is 9.14. The zero-order valence-corrected chi connectivity index (χ0v) is 18.8. The molecule has 168 valence electrons. The van der Waals surface area contributed by atoms with Crippen LogP contribution in [0.3, 0.4) is 0 Å². The minimum Gasteiger partial charge on any atom is -0.444 e. The summed E-state index contributed by atoms with van der Waals surface area (Å²) in [7, 11) is 1.50. The molecule has 1 aliphatic heterocycles. The summed E-state index contributed by atoms with van der Waals surface area (Å²) in [4.78, 5) is 52.7. The van der Waals surface area contributed by atoms with E-state index in [9.17, 15) is 19.2 Å². The summed E-state index contributed by atoms with van der Waals surface area (Å²) in [5, 5.41) is 2.79. The highest BCUT2D eigenvalue weighted by molar-refractivity contribution is 6.00. The maximum Gasteiger partial charge on any atom is 0.410 e. The van der Waals surface area contributed by atoms with Crippen LogP contribution in [0, 0.1) is 0 Å². The zero-order valence-electron chi connectivity index (χ0n) is 18.8. The van der Waals surface area contributed by atoms with Crippen molar-refractivity contribution in [1.82, 2.24) is 15.1 Å². The Hall–Kier alpha value is -2.38. The minimum absolute atomic E-state index is 0.276. The molecule has 8 nitrogen and oxygen atoms in total. The first-order chi connectivity index (χ1) is 14.0. The largest absolute Gasteiger partial charge is 0.444 e. The number of likely N-dealkylation sites (N-methyl/N-ethyl adjacent to an activating group) is 1. The lowest BCUT2D eigenvalue weighted by Crippen LogP contribution is -2.49. The third-order valence-corrected chi connectivity index (χ3v) is 5.63. The van der Waals surface area contributed by atoms with E-state index < -0.39 is 29.7 Å². The summed E-state index contributed by atoms with van der Waals surface area (Å²) >= 11 is 0. The van der Waals surface area contributed by atoms with Crippen molar-refractivity contribution < 1.29 is 23.9 Å². The number of nitrogens with one attached hydrogen (secondary N) is 1. The standard InChI is InChI=1S/C22H35N3O5/c1-15(24(5)21(29)30-22(2,3)4)19(27)23-18(16-10-7-6-8-11-16)20(28)25-13-9-12-17(25)14-26/h14-15,17H,6-13H2,1-5H3,(H,23,27)/t15-,17-/m0/s1. The van der Waals surface area contributed by atoms with E-state index in [4.69, 9.17) is 4.74 Å². The molecule has 0 radical (unpaired) electrons. The summed E-state index contributed by atoms with van der Waals surface area (Å²) in [6.07, 6.45) is 6.12.